The number of aryl methyl sites for hydroxylation is 1. The van der Waals surface area contributed by atoms with Gasteiger partial charge in [0.15, 0.2) is 11.4 Å². The van der Waals surface area contributed by atoms with E-state index in [-0.39, 0.29) is 31.3 Å². The Kier molecular flexibility index (Phi) is 10.3. The molecule has 0 bridgehead atoms. The Balaban J connectivity index is 1.35. The topological polar surface area (TPSA) is 94.8 Å². The summed E-state index contributed by atoms with van der Waals surface area (Å²) >= 11 is 1.67. The largest absolute Gasteiger partial charge is 0.445 e. The van der Waals surface area contributed by atoms with Gasteiger partial charge in [0.2, 0.25) is 0 Å². The number of aliphatic hydroxyl groups excluding tert-OH is 1. The highest BCUT2D eigenvalue weighted by Gasteiger charge is 2.38. The minimum Gasteiger partial charge on any atom is -0.445 e. The third-order valence-corrected chi connectivity index (χ3v) is 8.69. The molecule has 4 aromatic rings. The van der Waals surface area contributed by atoms with Crippen molar-refractivity contribution in [2.75, 3.05) is 12.4 Å². The first-order chi connectivity index (χ1) is 21.0. The molecule has 1 saturated heterocycles. The van der Waals surface area contributed by atoms with E-state index < -0.39 is 12.4 Å². The molecule has 0 saturated carbocycles. The van der Waals surface area contributed by atoms with Crippen LogP contribution in [0.5, 0.6) is 0 Å². The number of hydrogen-bond acceptors (Lipinski definition) is 7. The predicted molar refractivity (Wildman–Crippen MR) is 167 cm³/mol. The second-order valence-electron chi connectivity index (χ2n) is 10.5. The fourth-order valence-corrected chi connectivity index (χ4v) is 6.18. The Labute approximate surface area is 256 Å². The number of nitrogens with zero attached hydrogens (tertiary/aromatic N) is 2. The van der Waals surface area contributed by atoms with Crippen LogP contribution in [0.15, 0.2) is 103 Å². The summed E-state index contributed by atoms with van der Waals surface area (Å²) < 4.78 is 20.3. The van der Waals surface area contributed by atoms with Crippen molar-refractivity contribution in [1.29, 1.82) is 0 Å². The van der Waals surface area contributed by atoms with Gasteiger partial charge in [-0.25, -0.2) is 9.78 Å². The minimum atomic E-state index is -0.559. The van der Waals surface area contributed by atoms with Crippen LogP contribution in [0.2, 0.25) is 0 Å². The van der Waals surface area contributed by atoms with Gasteiger partial charge in [0.25, 0.3) is 0 Å². The number of carbonyl (C=O) groups is 1. The van der Waals surface area contributed by atoms with E-state index in [1.54, 1.807) is 18.0 Å². The van der Waals surface area contributed by atoms with E-state index in [0.29, 0.717) is 6.54 Å². The molecule has 0 radical (unpaired) electrons. The average Bonchev–Trinajstić information content (AvgIpc) is 3.46. The molecule has 0 aliphatic carbocycles. The van der Waals surface area contributed by atoms with Gasteiger partial charge >= 0.3 is 6.09 Å². The summed E-state index contributed by atoms with van der Waals surface area (Å²) in [6, 6.07) is 24.1. The summed E-state index contributed by atoms with van der Waals surface area (Å²) in [7, 11) is 1.99. The van der Waals surface area contributed by atoms with Gasteiger partial charge in [-0.3, -0.25) is 0 Å². The van der Waals surface area contributed by atoms with E-state index in [0.717, 1.165) is 44.3 Å². The maximum Gasteiger partial charge on any atom is 0.407 e. The molecule has 5 rings (SSSR count). The van der Waals surface area contributed by atoms with E-state index in [2.05, 4.69) is 35.9 Å². The SMILES string of the molecule is C=CCOC(=O)NCc1ccccc1-c1ccc([C@@H]2O[C@H](CSc3nccn3C)[C@H](C)[C@H](c3ccc(CO)cc3)O2)cc1. The van der Waals surface area contributed by atoms with E-state index >= 15 is 0 Å². The van der Waals surface area contributed by atoms with Crippen LogP contribution in [-0.4, -0.2) is 39.2 Å². The van der Waals surface area contributed by atoms with Crippen LogP contribution < -0.4 is 5.32 Å². The molecule has 43 heavy (non-hydrogen) atoms. The molecular formula is C34H37N3O5S. The van der Waals surface area contributed by atoms with Crippen LogP contribution in [0.25, 0.3) is 11.1 Å². The molecule has 1 aliphatic heterocycles. The second kappa shape index (κ2) is 14.5. The average molecular weight is 600 g/mol. The number of aliphatic hydroxyl groups is 1. The summed E-state index contributed by atoms with van der Waals surface area (Å²) in [5, 5.41) is 13.3. The molecule has 9 heteroatoms. The molecule has 1 fully saturated rings. The zero-order chi connectivity index (χ0) is 30.2. The molecule has 2 N–H and O–H groups in total. The number of ether oxygens (including phenoxy) is 3. The summed E-state index contributed by atoms with van der Waals surface area (Å²) in [6.45, 7) is 6.23. The van der Waals surface area contributed by atoms with Gasteiger partial charge in [-0.05, 0) is 27.8 Å². The Hall–Kier alpha value is -3.89. The molecule has 4 atom stereocenters. The first kappa shape index (κ1) is 30.6. The number of hydrogen-bond donors (Lipinski definition) is 2. The first-order valence-electron chi connectivity index (χ1n) is 14.3. The van der Waals surface area contributed by atoms with Crippen LogP contribution in [0.4, 0.5) is 4.79 Å². The van der Waals surface area contributed by atoms with Gasteiger partial charge in [-0.1, -0.05) is 104 Å². The number of carbonyl (C=O) groups excluding carboxylic acids is 1. The van der Waals surface area contributed by atoms with Crippen molar-refractivity contribution < 1.29 is 24.1 Å². The lowest BCUT2D eigenvalue weighted by Crippen LogP contribution is -2.38. The number of imidazole rings is 1. The Morgan fingerprint density at radius 3 is 2.53 bits per heavy atom. The van der Waals surface area contributed by atoms with Crippen molar-refractivity contribution in [2.24, 2.45) is 13.0 Å². The van der Waals surface area contributed by atoms with Crippen molar-refractivity contribution in [2.45, 2.75) is 43.7 Å². The zero-order valence-corrected chi connectivity index (χ0v) is 25.2. The Morgan fingerprint density at radius 2 is 1.84 bits per heavy atom. The normalized spacial score (nSPS) is 20.0. The van der Waals surface area contributed by atoms with E-state index in [9.17, 15) is 9.90 Å². The molecule has 1 aromatic heterocycles. The molecule has 3 aromatic carbocycles. The summed E-state index contributed by atoms with van der Waals surface area (Å²) in [4.78, 5) is 16.4. The molecule has 0 unspecified atom stereocenters. The highest BCUT2D eigenvalue weighted by atomic mass is 32.2. The van der Waals surface area contributed by atoms with Crippen molar-refractivity contribution in [3.8, 4) is 11.1 Å². The zero-order valence-electron chi connectivity index (χ0n) is 24.4. The molecule has 1 aliphatic rings. The number of rotatable bonds is 11. The Morgan fingerprint density at radius 1 is 1.09 bits per heavy atom. The number of alkyl carbamates (subject to hydrolysis) is 1. The molecule has 1 amide bonds. The van der Waals surface area contributed by atoms with Gasteiger partial charge in [-0.15, -0.1) is 0 Å². The monoisotopic (exact) mass is 599 g/mol. The van der Waals surface area contributed by atoms with E-state index in [1.807, 2.05) is 78.5 Å². The van der Waals surface area contributed by atoms with Crippen molar-refractivity contribution in [3.63, 3.8) is 0 Å². The first-order valence-corrected chi connectivity index (χ1v) is 15.3. The lowest BCUT2D eigenvalue weighted by atomic mass is 9.91. The summed E-state index contributed by atoms with van der Waals surface area (Å²) in [6.07, 6.45) is 3.95. The van der Waals surface area contributed by atoms with Crippen molar-refractivity contribution >= 4 is 17.9 Å². The quantitative estimate of drug-likeness (QED) is 0.149. The van der Waals surface area contributed by atoms with E-state index in [1.165, 1.54) is 6.08 Å². The van der Waals surface area contributed by atoms with Crippen LogP contribution >= 0.6 is 11.8 Å². The fourth-order valence-electron chi connectivity index (χ4n) is 5.09. The maximum absolute atomic E-state index is 12.0. The predicted octanol–water partition coefficient (Wildman–Crippen LogP) is 6.58. The molecule has 2 heterocycles. The number of thioether (sulfide) groups is 1. The van der Waals surface area contributed by atoms with Gasteiger partial charge in [0, 0.05) is 43.2 Å². The van der Waals surface area contributed by atoms with Crippen LogP contribution in [0.3, 0.4) is 0 Å². The molecule has 224 valence electrons. The number of nitrogens with one attached hydrogen (secondary N) is 1. The fraction of sp³-hybridized carbons (Fsp3) is 0.294. The third-order valence-electron chi connectivity index (χ3n) is 7.54. The standard InChI is InChI=1S/C34H37N3O5S/c1-4-19-40-34(39)36-20-28-7-5-6-8-29(28)25-13-15-27(16-14-25)32-41-30(22-43-33-35-17-18-37(33)3)23(2)31(42-32)26-11-9-24(21-38)10-12-26/h4-18,23,30-32,38H,1,19-22H2,2-3H3,(H,36,39)/t23-,30+,31+,32+/m0/s1. The second-order valence-corrected chi connectivity index (χ2v) is 11.5. The highest BCUT2D eigenvalue weighted by molar-refractivity contribution is 7.99. The number of benzene rings is 3. The molecular weight excluding hydrogens is 562 g/mol. The minimum absolute atomic E-state index is 0.000952. The molecule has 0 spiro atoms. The van der Waals surface area contributed by atoms with Crippen molar-refractivity contribution in [3.05, 3.63) is 120 Å². The van der Waals surface area contributed by atoms with Gasteiger partial charge in [-0.2, -0.15) is 0 Å². The maximum atomic E-state index is 12.0. The van der Waals surface area contributed by atoms with Crippen LogP contribution in [0.1, 0.15) is 41.6 Å². The van der Waals surface area contributed by atoms with Crippen molar-refractivity contribution in [1.82, 2.24) is 14.9 Å². The number of aromatic nitrogens is 2. The molecule has 8 nitrogen and oxygen atoms in total. The van der Waals surface area contributed by atoms with E-state index in [4.69, 9.17) is 14.2 Å². The Bertz CT molecular complexity index is 1510. The highest BCUT2D eigenvalue weighted by Crippen LogP contribution is 2.43. The number of amides is 1. The van der Waals surface area contributed by atoms with Crippen LogP contribution in [-0.2, 0) is 34.4 Å². The summed E-state index contributed by atoms with van der Waals surface area (Å²) in [5.41, 5.74) is 5.84. The van der Waals surface area contributed by atoms with Gasteiger partial charge < -0.3 is 29.2 Å². The van der Waals surface area contributed by atoms with Crippen LogP contribution in [0, 0.1) is 5.92 Å². The van der Waals surface area contributed by atoms with Gasteiger partial charge in [0.05, 0.1) is 18.8 Å². The van der Waals surface area contributed by atoms with Gasteiger partial charge in [0.1, 0.15) is 6.61 Å². The third kappa shape index (κ3) is 7.55. The lowest BCUT2D eigenvalue weighted by Gasteiger charge is -2.41. The summed E-state index contributed by atoms with van der Waals surface area (Å²) in [5.74, 6) is 0.811. The lowest BCUT2D eigenvalue weighted by molar-refractivity contribution is -0.268. The smallest absolute Gasteiger partial charge is 0.407 e.